The minimum atomic E-state index is -4.45. The highest BCUT2D eigenvalue weighted by atomic mass is 19.4. The highest BCUT2D eigenvalue weighted by Gasteiger charge is 2.49. The summed E-state index contributed by atoms with van der Waals surface area (Å²) in [5, 5.41) is 0. The zero-order valence-corrected chi connectivity index (χ0v) is 16.9. The maximum atomic E-state index is 13.4. The van der Waals surface area contributed by atoms with Gasteiger partial charge >= 0.3 is 6.18 Å². The number of aromatic nitrogens is 3. The Morgan fingerprint density at radius 1 is 1.00 bits per heavy atom. The lowest BCUT2D eigenvalue weighted by atomic mass is 10.0. The van der Waals surface area contributed by atoms with Crippen LogP contribution in [0.3, 0.4) is 0 Å². The third-order valence-electron chi connectivity index (χ3n) is 5.97. The molecule has 2 fully saturated rings. The average molecular weight is 440 g/mol. The van der Waals surface area contributed by atoms with Gasteiger partial charge in [0, 0.05) is 36.8 Å². The molecule has 0 N–H and O–H groups in total. The predicted octanol–water partition coefficient (Wildman–Crippen LogP) is 4.24. The molecule has 3 aromatic rings. The molecule has 1 aliphatic carbocycles. The molecule has 6 nitrogen and oxygen atoms in total. The lowest BCUT2D eigenvalue weighted by Gasteiger charge is -2.33. The average Bonchev–Trinajstić information content (AvgIpc) is 3.40. The Hall–Kier alpha value is -3.49. The molecule has 32 heavy (non-hydrogen) atoms. The number of pyridine rings is 3. The SMILES string of the molecule is O=C(c1ncccc1-c1ccccn1)N1C[C@H]2C[C@@H](Oc3ccc(C(F)(F)F)cn3)[C@@H]1C2. The van der Waals surface area contributed by atoms with Crippen LogP contribution < -0.4 is 4.74 Å². The van der Waals surface area contributed by atoms with Crippen molar-refractivity contribution in [2.75, 3.05) is 6.54 Å². The quantitative estimate of drug-likeness (QED) is 0.607. The first kappa shape index (κ1) is 20.4. The van der Waals surface area contributed by atoms with E-state index in [0.29, 0.717) is 23.5 Å². The Kier molecular flexibility index (Phi) is 5.03. The van der Waals surface area contributed by atoms with Crippen LogP contribution in [0.4, 0.5) is 13.2 Å². The third-order valence-corrected chi connectivity index (χ3v) is 5.97. The molecule has 3 aromatic heterocycles. The molecule has 164 valence electrons. The van der Waals surface area contributed by atoms with Crippen LogP contribution in [-0.2, 0) is 6.18 Å². The number of carbonyl (C=O) groups is 1. The molecular formula is C23H19F3N4O2. The molecule has 1 amide bonds. The summed E-state index contributed by atoms with van der Waals surface area (Å²) in [6, 6.07) is 11.0. The Bertz CT molecular complexity index is 1120. The molecule has 0 aromatic carbocycles. The maximum Gasteiger partial charge on any atom is 0.417 e. The standard InChI is InChI=1S/C23H19F3N4O2/c24-23(25,26)15-6-7-20(29-12-15)32-19-11-14-10-18(19)30(13-14)22(31)21-16(4-3-9-28-21)17-5-1-2-8-27-17/h1-9,12,14,18-19H,10-11,13H2/t14-,18+,19-/m1/s1. The van der Waals surface area contributed by atoms with Crippen molar-refractivity contribution in [1.29, 1.82) is 0 Å². The molecule has 1 saturated carbocycles. The van der Waals surface area contributed by atoms with Gasteiger partial charge in [0.15, 0.2) is 0 Å². The Morgan fingerprint density at radius 2 is 1.84 bits per heavy atom. The van der Waals surface area contributed by atoms with E-state index in [2.05, 4.69) is 15.0 Å². The second kappa shape index (κ2) is 7.89. The summed E-state index contributed by atoms with van der Waals surface area (Å²) in [4.78, 5) is 27.7. The van der Waals surface area contributed by atoms with Crippen LogP contribution in [0.15, 0.2) is 61.1 Å². The fourth-order valence-electron chi connectivity index (χ4n) is 4.54. The van der Waals surface area contributed by atoms with Crippen LogP contribution in [0.1, 0.15) is 28.9 Å². The summed E-state index contributed by atoms with van der Waals surface area (Å²) in [7, 11) is 0. The maximum absolute atomic E-state index is 13.4. The number of amides is 1. The van der Waals surface area contributed by atoms with Crippen molar-refractivity contribution in [3.63, 3.8) is 0 Å². The fourth-order valence-corrected chi connectivity index (χ4v) is 4.54. The highest BCUT2D eigenvalue weighted by molar-refractivity contribution is 5.99. The van der Waals surface area contributed by atoms with E-state index in [4.69, 9.17) is 4.74 Å². The number of hydrogen-bond donors (Lipinski definition) is 0. The van der Waals surface area contributed by atoms with Crippen molar-refractivity contribution >= 4 is 5.91 Å². The second-order valence-electron chi connectivity index (χ2n) is 8.02. The number of halogens is 3. The van der Waals surface area contributed by atoms with Gasteiger partial charge in [-0.3, -0.25) is 14.8 Å². The number of alkyl halides is 3. The molecule has 0 unspecified atom stereocenters. The van der Waals surface area contributed by atoms with E-state index >= 15 is 0 Å². The van der Waals surface area contributed by atoms with Gasteiger partial charge in [-0.1, -0.05) is 6.07 Å². The van der Waals surface area contributed by atoms with Gasteiger partial charge in [0.1, 0.15) is 11.8 Å². The Balaban J connectivity index is 1.35. The predicted molar refractivity (Wildman–Crippen MR) is 109 cm³/mol. The molecular weight excluding hydrogens is 421 g/mol. The van der Waals surface area contributed by atoms with Gasteiger partial charge in [-0.25, -0.2) is 4.98 Å². The molecule has 1 saturated heterocycles. The molecule has 2 bridgehead atoms. The van der Waals surface area contributed by atoms with E-state index in [1.165, 1.54) is 6.07 Å². The second-order valence-corrected chi connectivity index (χ2v) is 8.02. The van der Waals surface area contributed by atoms with Gasteiger partial charge in [-0.15, -0.1) is 0 Å². The number of ether oxygens (including phenoxy) is 1. The summed E-state index contributed by atoms with van der Waals surface area (Å²) in [5.74, 6) is 0.188. The Morgan fingerprint density at radius 3 is 2.53 bits per heavy atom. The van der Waals surface area contributed by atoms with Crippen LogP contribution in [0, 0.1) is 5.92 Å². The van der Waals surface area contributed by atoms with E-state index in [0.717, 1.165) is 25.1 Å². The van der Waals surface area contributed by atoms with Crippen LogP contribution in [0.5, 0.6) is 5.88 Å². The van der Waals surface area contributed by atoms with Gasteiger partial charge < -0.3 is 9.64 Å². The van der Waals surface area contributed by atoms with Gasteiger partial charge in [0.25, 0.3) is 5.91 Å². The lowest BCUT2D eigenvalue weighted by Crippen LogP contribution is -2.47. The molecule has 1 aliphatic heterocycles. The number of carbonyl (C=O) groups excluding carboxylic acids is 1. The first-order chi connectivity index (χ1) is 15.4. The molecule has 2 aliphatic rings. The molecule has 5 rings (SSSR count). The topological polar surface area (TPSA) is 68.2 Å². The zero-order chi connectivity index (χ0) is 22.3. The van der Waals surface area contributed by atoms with Gasteiger partial charge in [0.2, 0.25) is 5.88 Å². The zero-order valence-electron chi connectivity index (χ0n) is 16.9. The van der Waals surface area contributed by atoms with E-state index in [1.807, 2.05) is 18.2 Å². The van der Waals surface area contributed by atoms with Crippen LogP contribution in [0.25, 0.3) is 11.3 Å². The lowest BCUT2D eigenvalue weighted by molar-refractivity contribution is -0.137. The summed E-state index contributed by atoms with van der Waals surface area (Å²) in [6.45, 7) is 0.599. The normalized spacial score (nSPS) is 22.2. The van der Waals surface area contributed by atoms with Crippen molar-refractivity contribution in [3.05, 3.63) is 72.3 Å². The van der Waals surface area contributed by atoms with Gasteiger partial charge in [0.05, 0.1) is 17.3 Å². The summed E-state index contributed by atoms with van der Waals surface area (Å²) >= 11 is 0. The van der Waals surface area contributed by atoms with Crippen LogP contribution in [0.2, 0.25) is 0 Å². The van der Waals surface area contributed by atoms with Crippen LogP contribution >= 0.6 is 0 Å². The molecule has 9 heteroatoms. The number of nitrogens with zero attached hydrogens (tertiary/aromatic N) is 4. The molecule has 3 atom stereocenters. The fraction of sp³-hybridized carbons (Fsp3) is 0.304. The van der Waals surface area contributed by atoms with Crippen molar-refractivity contribution in [2.45, 2.75) is 31.2 Å². The number of rotatable bonds is 4. The van der Waals surface area contributed by atoms with Crippen molar-refractivity contribution in [2.24, 2.45) is 5.92 Å². The first-order valence-corrected chi connectivity index (χ1v) is 10.3. The smallest absolute Gasteiger partial charge is 0.417 e. The minimum absolute atomic E-state index is 0.120. The van der Waals surface area contributed by atoms with E-state index in [1.54, 1.807) is 29.4 Å². The Labute approximate surface area is 182 Å². The third kappa shape index (κ3) is 3.79. The number of hydrogen-bond acceptors (Lipinski definition) is 5. The summed E-state index contributed by atoms with van der Waals surface area (Å²) in [6.07, 6.45) is 0.732. The number of piperidine rings is 1. The highest BCUT2D eigenvalue weighted by Crippen LogP contribution is 2.41. The molecule has 0 spiro atoms. The monoisotopic (exact) mass is 440 g/mol. The van der Waals surface area contributed by atoms with Crippen molar-refractivity contribution < 1.29 is 22.7 Å². The van der Waals surface area contributed by atoms with Gasteiger partial charge in [-0.2, -0.15) is 13.2 Å². The summed E-state index contributed by atoms with van der Waals surface area (Å²) < 4.78 is 44.2. The van der Waals surface area contributed by atoms with Crippen molar-refractivity contribution in [1.82, 2.24) is 19.9 Å². The molecule has 0 radical (unpaired) electrons. The molecule has 4 heterocycles. The number of fused-ring (bicyclic) bond motifs is 2. The largest absolute Gasteiger partial charge is 0.472 e. The first-order valence-electron chi connectivity index (χ1n) is 10.3. The van der Waals surface area contributed by atoms with Gasteiger partial charge in [-0.05, 0) is 49.1 Å². The summed E-state index contributed by atoms with van der Waals surface area (Å²) in [5.41, 5.74) is 0.815. The number of likely N-dealkylation sites (tertiary alicyclic amines) is 1. The minimum Gasteiger partial charge on any atom is -0.472 e. The van der Waals surface area contributed by atoms with E-state index in [9.17, 15) is 18.0 Å². The van der Waals surface area contributed by atoms with Crippen molar-refractivity contribution in [3.8, 4) is 17.1 Å². The van der Waals surface area contributed by atoms with Crippen LogP contribution in [-0.4, -0.2) is 44.4 Å². The van der Waals surface area contributed by atoms with E-state index < -0.39 is 11.7 Å². The van der Waals surface area contributed by atoms with E-state index in [-0.39, 0.29) is 29.9 Å².